The lowest BCUT2D eigenvalue weighted by atomic mass is 9.76. The van der Waals surface area contributed by atoms with Crippen molar-refractivity contribution in [2.24, 2.45) is 33.0 Å². The van der Waals surface area contributed by atoms with E-state index in [4.69, 9.17) is 15.8 Å². The third-order valence-electron chi connectivity index (χ3n) is 8.84. The molecule has 7 heteroatoms. The highest BCUT2D eigenvalue weighted by Gasteiger charge is 2.26. The van der Waals surface area contributed by atoms with Gasteiger partial charge in [0, 0.05) is 38.0 Å². The number of hydrogen-bond donors (Lipinski definition) is 2. The average Bonchev–Trinajstić information content (AvgIpc) is 3.40. The first kappa shape index (κ1) is 32.3. The highest BCUT2D eigenvalue weighted by Crippen LogP contribution is 2.34. The smallest absolute Gasteiger partial charge is 0.303 e. The van der Waals surface area contributed by atoms with Crippen LogP contribution in [0.2, 0.25) is 0 Å². The number of aliphatic carboxylic acids is 1. The van der Waals surface area contributed by atoms with Gasteiger partial charge in [0.05, 0.1) is 11.4 Å². The van der Waals surface area contributed by atoms with Gasteiger partial charge in [-0.2, -0.15) is 0 Å². The van der Waals surface area contributed by atoms with Crippen LogP contribution in [0.1, 0.15) is 103 Å². The predicted molar refractivity (Wildman–Crippen MR) is 169 cm³/mol. The molecule has 2 heterocycles. The van der Waals surface area contributed by atoms with E-state index >= 15 is 0 Å². The lowest BCUT2D eigenvalue weighted by molar-refractivity contribution is -0.137. The monoisotopic (exact) mass is 562 g/mol. The number of carboxylic acids is 1. The van der Waals surface area contributed by atoms with Crippen molar-refractivity contribution in [3.8, 4) is 0 Å². The van der Waals surface area contributed by atoms with Gasteiger partial charge in [0.25, 0.3) is 0 Å². The van der Waals surface area contributed by atoms with Crippen LogP contribution in [0.15, 0.2) is 58.7 Å². The molecule has 2 aliphatic heterocycles. The molecule has 2 aliphatic rings. The number of nitrogens with two attached hydrogens (primary N) is 1. The minimum Gasteiger partial charge on any atom is -0.481 e. The summed E-state index contributed by atoms with van der Waals surface area (Å²) >= 11 is 0. The molecule has 1 amide bonds. The fourth-order valence-electron chi connectivity index (χ4n) is 5.70. The Kier molecular flexibility index (Phi) is 12.4. The number of carboxylic acid groups (broad SMARTS) is 1. The molecule has 7 nitrogen and oxygen atoms in total. The van der Waals surface area contributed by atoms with Crippen molar-refractivity contribution in [3.63, 3.8) is 0 Å². The number of aliphatic imine (C=N–C) groups is 2. The number of hydrogen-bond acceptors (Lipinski definition) is 4. The van der Waals surface area contributed by atoms with Crippen LogP contribution in [0, 0.1) is 17.3 Å². The fourth-order valence-corrected chi connectivity index (χ4v) is 5.70. The van der Waals surface area contributed by atoms with Gasteiger partial charge >= 0.3 is 5.97 Å². The Morgan fingerprint density at radius 2 is 1.93 bits per heavy atom. The summed E-state index contributed by atoms with van der Waals surface area (Å²) in [6.45, 7) is 10.6. The van der Waals surface area contributed by atoms with E-state index in [1.807, 2.05) is 23.2 Å². The molecule has 0 aliphatic carbocycles. The Balaban J connectivity index is 1.56. The first-order valence-corrected chi connectivity index (χ1v) is 15.5. The highest BCUT2D eigenvalue weighted by atomic mass is 16.4. The first-order valence-electron chi connectivity index (χ1n) is 15.5. The maximum absolute atomic E-state index is 12.6. The molecule has 0 saturated carbocycles. The number of carbonyl (C=O) groups excluding carboxylic acids is 1. The maximum atomic E-state index is 12.6. The van der Waals surface area contributed by atoms with Crippen LogP contribution < -0.4 is 5.73 Å². The van der Waals surface area contributed by atoms with Gasteiger partial charge in [-0.25, -0.2) is 4.99 Å². The fraction of sp³-hybridized carbons (Fsp3) is 0.588. The van der Waals surface area contributed by atoms with Crippen molar-refractivity contribution in [1.82, 2.24) is 4.90 Å². The number of amidine groups is 1. The van der Waals surface area contributed by atoms with Crippen molar-refractivity contribution in [3.05, 3.63) is 54.3 Å². The number of carbonyl (C=O) groups is 2. The molecule has 41 heavy (non-hydrogen) atoms. The van der Waals surface area contributed by atoms with Gasteiger partial charge in [-0.3, -0.25) is 14.6 Å². The van der Waals surface area contributed by atoms with Crippen molar-refractivity contribution < 1.29 is 14.7 Å². The summed E-state index contributed by atoms with van der Waals surface area (Å²) in [7, 11) is 0. The summed E-state index contributed by atoms with van der Waals surface area (Å²) in [5.41, 5.74) is 9.56. The van der Waals surface area contributed by atoms with Crippen LogP contribution in [0.3, 0.4) is 0 Å². The molecular formula is C34H50N4O3. The van der Waals surface area contributed by atoms with Crippen LogP contribution in [-0.4, -0.2) is 46.5 Å². The van der Waals surface area contributed by atoms with Crippen LogP contribution in [0.5, 0.6) is 0 Å². The third kappa shape index (κ3) is 9.98. The molecular weight excluding hydrogens is 512 g/mol. The molecule has 3 N–H and O–H groups in total. The highest BCUT2D eigenvalue weighted by molar-refractivity contribution is 6.43. The second-order valence-corrected chi connectivity index (χ2v) is 12.3. The number of nitrogens with zero attached hydrogens (tertiary/aromatic N) is 3. The SMILES string of the molecule is CC/C=C\C(C)(C)[C@H](C)CCC1C=CN=C1C(N)=Nc1ccc(C2CCCCN(C(=O)CCCC(=O)O)CC2)cc1. The summed E-state index contributed by atoms with van der Waals surface area (Å²) < 4.78 is 0. The Morgan fingerprint density at radius 1 is 1.17 bits per heavy atom. The van der Waals surface area contributed by atoms with Gasteiger partial charge in [-0.05, 0) is 79.9 Å². The van der Waals surface area contributed by atoms with Crippen molar-refractivity contribution in [1.29, 1.82) is 0 Å². The topological polar surface area (TPSA) is 108 Å². The zero-order chi connectivity index (χ0) is 29.8. The minimum atomic E-state index is -0.849. The quantitative estimate of drug-likeness (QED) is 0.148. The van der Waals surface area contributed by atoms with Gasteiger partial charge < -0.3 is 15.7 Å². The van der Waals surface area contributed by atoms with Crippen molar-refractivity contribution in [2.45, 2.75) is 97.8 Å². The van der Waals surface area contributed by atoms with E-state index in [1.165, 1.54) is 5.56 Å². The number of rotatable bonds is 13. The number of likely N-dealkylation sites (tertiary alicyclic amines) is 1. The van der Waals surface area contributed by atoms with Gasteiger partial charge in [0.2, 0.25) is 5.91 Å². The van der Waals surface area contributed by atoms with Crippen molar-refractivity contribution in [2.75, 3.05) is 13.1 Å². The first-order chi connectivity index (χ1) is 19.6. The van der Waals surface area contributed by atoms with Gasteiger partial charge in [-0.1, -0.05) is 64.5 Å². The predicted octanol–water partition coefficient (Wildman–Crippen LogP) is 7.41. The van der Waals surface area contributed by atoms with E-state index < -0.39 is 5.97 Å². The molecule has 0 radical (unpaired) electrons. The van der Waals surface area contributed by atoms with Gasteiger partial charge in [0.1, 0.15) is 5.84 Å². The molecule has 3 atom stereocenters. The van der Waals surface area contributed by atoms with Gasteiger partial charge in [0.15, 0.2) is 0 Å². The maximum Gasteiger partial charge on any atom is 0.303 e. The number of amides is 1. The molecule has 1 fully saturated rings. The second-order valence-electron chi connectivity index (χ2n) is 12.3. The van der Waals surface area contributed by atoms with E-state index in [2.05, 4.69) is 63.0 Å². The molecule has 0 spiro atoms. The van der Waals surface area contributed by atoms with Crippen LogP contribution in [-0.2, 0) is 9.59 Å². The molecule has 0 bridgehead atoms. The third-order valence-corrected chi connectivity index (χ3v) is 8.84. The Morgan fingerprint density at radius 3 is 2.63 bits per heavy atom. The zero-order valence-corrected chi connectivity index (χ0v) is 25.5. The summed E-state index contributed by atoms with van der Waals surface area (Å²) in [4.78, 5) is 34.6. The molecule has 0 aromatic heterocycles. The molecule has 1 aromatic rings. The summed E-state index contributed by atoms with van der Waals surface area (Å²) in [5, 5.41) is 8.85. The largest absolute Gasteiger partial charge is 0.481 e. The van der Waals surface area contributed by atoms with E-state index in [9.17, 15) is 9.59 Å². The lowest BCUT2D eigenvalue weighted by Gasteiger charge is -2.29. The minimum absolute atomic E-state index is 0.0422. The van der Waals surface area contributed by atoms with E-state index in [0.717, 1.165) is 62.9 Å². The van der Waals surface area contributed by atoms with Crippen molar-refractivity contribution >= 4 is 29.1 Å². The van der Waals surface area contributed by atoms with Gasteiger partial charge in [-0.15, -0.1) is 0 Å². The average molecular weight is 563 g/mol. The zero-order valence-electron chi connectivity index (χ0n) is 25.5. The summed E-state index contributed by atoms with van der Waals surface area (Å²) in [6, 6.07) is 8.32. The Hall–Kier alpha value is -3.22. The lowest BCUT2D eigenvalue weighted by Crippen LogP contribution is -2.34. The van der Waals surface area contributed by atoms with E-state index in [-0.39, 0.29) is 23.7 Å². The standard InChI is InChI=1S/C34H50N4O3/c1-5-6-21-34(3,4)25(2)13-14-28-19-22-36-32(28)33(35)37-29-17-15-27(16-18-29)26-10-7-8-23-38(24-20-26)30(39)11-9-12-31(40)41/h6,15-19,21-22,25-26,28H,5,7-14,20,23-24H2,1-4H3,(H2,35,37)(H,40,41)/b21-6-/t25-,26?,28?/m1/s1. The molecule has 3 rings (SSSR count). The number of benzene rings is 1. The molecule has 1 aromatic carbocycles. The summed E-state index contributed by atoms with van der Waals surface area (Å²) in [5.74, 6) is 0.816. The number of allylic oxidation sites excluding steroid dienone is 3. The second kappa shape index (κ2) is 15.7. The normalized spacial score (nSPS) is 21.0. The Bertz CT molecular complexity index is 1130. The van der Waals surface area contributed by atoms with Crippen LogP contribution in [0.4, 0.5) is 5.69 Å². The Labute approximate surface area is 246 Å². The van der Waals surface area contributed by atoms with Crippen LogP contribution >= 0.6 is 0 Å². The molecule has 2 unspecified atom stereocenters. The van der Waals surface area contributed by atoms with E-state index in [0.29, 0.717) is 37.1 Å². The summed E-state index contributed by atoms with van der Waals surface area (Å²) in [6.07, 6.45) is 16.5. The molecule has 224 valence electrons. The van der Waals surface area contributed by atoms with E-state index in [1.54, 1.807) is 0 Å². The molecule has 1 saturated heterocycles. The van der Waals surface area contributed by atoms with Crippen LogP contribution in [0.25, 0.3) is 0 Å².